The molecule has 0 spiro atoms. The Morgan fingerprint density at radius 3 is 2.29 bits per heavy atom. The quantitative estimate of drug-likeness (QED) is 0.608. The molecule has 0 unspecified atom stereocenters. The van der Waals surface area contributed by atoms with Crippen molar-refractivity contribution in [2.24, 2.45) is 5.92 Å². The van der Waals surface area contributed by atoms with Crippen molar-refractivity contribution in [2.75, 3.05) is 13.1 Å². The molecule has 1 amide bonds. The van der Waals surface area contributed by atoms with Gasteiger partial charge in [0.1, 0.15) is 11.9 Å². The van der Waals surface area contributed by atoms with Crippen LogP contribution in [0.3, 0.4) is 0 Å². The molecule has 0 bridgehead atoms. The normalized spacial score (nSPS) is 18.4. The maximum atomic E-state index is 13.6. The topological polar surface area (TPSA) is 81.5 Å². The second-order valence-electron chi connectivity index (χ2n) is 9.17. The van der Waals surface area contributed by atoms with Crippen LogP contribution in [0.1, 0.15) is 56.1 Å². The van der Waals surface area contributed by atoms with Gasteiger partial charge in [-0.05, 0) is 55.5 Å². The molecule has 1 saturated carbocycles. The summed E-state index contributed by atoms with van der Waals surface area (Å²) in [7, 11) is -3.80. The van der Waals surface area contributed by atoms with Gasteiger partial charge in [0.15, 0.2) is 0 Å². The van der Waals surface area contributed by atoms with Gasteiger partial charge < -0.3 is 4.90 Å². The number of benzene rings is 2. The summed E-state index contributed by atoms with van der Waals surface area (Å²) in [6.07, 6.45) is 6.17. The van der Waals surface area contributed by atoms with E-state index >= 15 is 0 Å². The maximum absolute atomic E-state index is 13.6. The van der Waals surface area contributed by atoms with Gasteiger partial charge in [-0.15, -0.1) is 0 Å². The zero-order valence-corrected chi connectivity index (χ0v) is 20.0. The number of sulfonamides is 1. The number of carbonyl (C=O) groups excluding carboxylic acids is 1. The van der Waals surface area contributed by atoms with Crippen molar-refractivity contribution in [1.82, 2.24) is 9.21 Å². The molecule has 2 aromatic rings. The second kappa shape index (κ2) is 10.7. The molecule has 8 heteroatoms. The molecule has 1 aliphatic carbocycles. The molecule has 0 radical (unpaired) electrons. The summed E-state index contributed by atoms with van der Waals surface area (Å²) in [6, 6.07) is 14.6. The van der Waals surface area contributed by atoms with Crippen LogP contribution in [-0.4, -0.2) is 42.7 Å². The lowest BCUT2D eigenvalue weighted by atomic mass is 9.90. The lowest BCUT2D eigenvalue weighted by molar-refractivity contribution is -0.140. The standard InChI is InChI=1S/C26H30FN3O3S/c27-23-12-10-20(11-13-23)19-30(24-7-2-1-3-8-24)26(31)21-14-16-29(17-15-21)34(32,33)25-9-5-4-6-22(25)18-28/h4-6,9-13,21,24H,1-3,7-8,14-17,19H2. The fraction of sp³-hybridized carbons (Fsp3) is 0.462. The molecule has 1 heterocycles. The number of amides is 1. The molecule has 1 saturated heterocycles. The molecule has 2 aliphatic rings. The molecule has 0 atom stereocenters. The fourth-order valence-electron chi connectivity index (χ4n) is 5.07. The molecule has 180 valence electrons. The highest BCUT2D eigenvalue weighted by atomic mass is 32.2. The van der Waals surface area contributed by atoms with Gasteiger partial charge in [-0.2, -0.15) is 9.57 Å². The summed E-state index contributed by atoms with van der Waals surface area (Å²) in [5.74, 6) is -0.489. The lowest BCUT2D eigenvalue weighted by Gasteiger charge is -2.39. The van der Waals surface area contributed by atoms with Crippen molar-refractivity contribution in [1.29, 1.82) is 5.26 Å². The highest BCUT2D eigenvalue weighted by molar-refractivity contribution is 7.89. The van der Waals surface area contributed by atoms with Crippen LogP contribution < -0.4 is 0 Å². The van der Waals surface area contributed by atoms with E-state index in [2.05, 4.69) is 0 Å². The van der Waals surface area contributed by atoms with E-state index in [-0.39, 0.29) is 47.2 Å². The highest BCUT2D eigenvalue weighted by Gasteiger charge is 2.36. The zero-order chi connectivity index (χ0) is 24.1. The van der Waals surface area contributed by atoms with Gasteiger partial charge in [0, 0.05) is 31.6 Å². The smallest absolute Gasteiger partial charge is 0.244 e. The minimum atomic E-state index is -3.80. The summed E-state index contributed by atoms with van der Waals surface area (Å²) < 4.78 is 41.1. The van der Waals surface area contributed by atoms with Crippen LogP contribution in [0.4, 0.5) is 4.39 Å². The van der Waals surface area contributed by atoms with E-state index in [9.17, 15) is 22.9 Å². The summed E-state index contributed by atoms with van der Waals surface area (Å²) in [5.41, 5.74) is 1.02. The van der Waals surface area contributed by atoms with Crippen LogP contribution in [0.5, 0.6) is 0 Å². The van der Waals surface area contributed by atoms with Crippen molar-refractivity contribution in [3.8, 4) is 6.07 Å². The Morgan fingerprint density at radius 1 is 1.00 bits per heavy atom. The van der Waals surface area contributed by atoms with Crippen molar-refractivity contribution in [2.45, 2.75) is 62.4 Å². The van der Waals surface area contributed by atoms with E-state index in [0.717, 1.165) is 31.2 Å². The molecule has 0 aromatic heterocycles. The Labute approximate surface area is 201 Å². The Morgan fingerprint density at radius 2 is 1.65 bits per heavy atom. The van der Waals surface area contributed by atoms with Gasteiger partial charge in [0.2, 0.25) is 15.9 Å². The number of nitrogens with zero attached hydrogens (tertiary/aromatic N) is 3. The number of piperidine rings is 1. The van der Waals surface area contributed by atoms with E-state index in [1.165, 1.54) is 35.0 Å². The van der Waals surface area contributed by atoms with Gasteiger partial charge in [0.05, 0.1) is 10.5 Å². The van der Waals surface area contributed by atoms with E-state index in [0.29, 0.717) is 19.4 Å². The SMILES string of the molecule is N#Cc1ccccc1S(=O)(=O)N1CCC(C(=O)N(Cc2ccc(F)cc2)C2CCCCC2)CC1. The number of hydrogen-bond acceptors (Lipinski definition) is 4. The maximum Gasteiger partial charge on any atom is 0.244 e. The van der Waals surface area contributed by atoms with Gasteiger partial charge in [-0.25, -0.2) is 12.8 Å². The Balaban J connectivity index is 1.47. The predicted octanol–water partition coefficient (Wildman–Crippen LogP) is 4.46. The molecule has 2 fully saturated rings. The number of hydrogen-bond donors (Lipinski definition) is 0. The Hall–Kier alpha value is -2.76. The van der Waals surface area contributed by atoms with Crippen molar-refractivity contribution < 1.29 is 17.6 Å². The predicted molar refractivity (Wildman–Crippen MR) is 126 cm³/mol. The van der Waals surface area contributed by atoms with E-state index in [4.69, 9.17) is 0 Å². The first kappa shape index (κ1) is 24.4. The summed E-state index contributed by atoms with van der Waals surface area (Å²) in [4.78, 5) is 15.6. The molecule has 4 rings (SSSR count). The van der Waals surface area contributed by atoms with Gasteiger partial charge >= 0.3 is 0 Å². The van der Waals surface area contributed by atoms with Crippen LogP contribution >= 0.6 is 0 Å². The third-order valence-corrected chi connectivity index (χ3v) is 8.95. The molecule has 1 aliphatic heterocycles. The zero-order valence-electron chi connectivity index (χ0n) is 19.2. The van der Waals surface area contributed by atoms with E-state index in [1.54, 1.807) is 24.3 Å². The minimum absolute atomic E-state index is 0.0161. The van der Waals surface area contributed by atoms with Crippen LogP contribution in [0.15, 0.2) is 53.4 Å². The number of nitriles is 1. The minimum Gasteiger partial charge on any atom is -0.335 e. The average molecular weight is 484 g/mol. The molecular formula is C26H30FN3O3S. The number of halogens is 1. The monoisotopic (exact) mass is 483 g/mol. The van der Waals surface area contributed by atoms with E-state index < -0.39 is 10.0 Å². The summed E-state index contributed by atoms with van der Waals surface area (Å²) >= 11 is 0. The first-order chi connectivity index (χ1) is 16.4. The first-order valence-electron chi connectivity index (χ1n) is 11.9. The van der Waals surface area contributed by atoms with Gasteiger partial charge in [-0.3, -0.25) is 4.79 Å². The molecule has 6 nitrogen and oxygen atoms in total. The second-order valence-corrected chi connectivity index (χ2v) is 11.1. The first-order valence-corrected chi connectivity index (χ1v) is 13.4. The average Bonchev–Trinajstić information content (AvgIpc) is 2.88. The largest absolute Gasteiger partial charge is 0.335 e. The third kappa shape index (κ3) is 5.31. The highest BCUT2D eigenvalue weighted by Crippen LogP contribution is 2.30. The number of carbonyl (C=O) groups is 1. The van der Waals surface area contributed by atoms with Crippen LogP contribution in [0.25, 0.3) is 0 Å². The van der Waals surface area contributed by atoms with Crippen molar-refractivity contribution in [3.05, 3.63) is 65.5 Å². The molecule has 0 N–H and O–H groups in total. The third-order valence-electron chi connectivity index (χ3n) is 6.99. The van der Waals surface area contributed by atoms with Crippen molar-refractivity contribution >= 4 is 15.9 Å². The van der Waals surface area contributed by atoms with Crippen LogP contribution in [0.2, 0.25) is 0 Å². The Bertz CT molecular complexity index is 1150. The molecular weight excluding hydrogens is 453 g/mol. The summed E-state index contributed by atoms with van der Waals surface area (Å²) in [5, 5.41) is 9.31. The van der Waals surface area contributed by atoms with Crippen LogP contribution in [0, 0.1) is 23.1 Å². The van der Waals surface area contributed by atoms with E-state index in [1.807, 2.05) is 11.0 Å². The number of rotatable bonds is 6. The van der Waals surface area contributed by atoms with Crippen molar-refractivity contribution in [3.63, 3.8) is 0 Å². The van der Waals surface area contributed by atoms with Crippen LogP contribution in [-0.2, 0) is 21.4 Å². The van der Waals surface area contributed by atoms with Gasteiger partial charge in [0.25, 0.3) is 0 Å². The Kier molecular flexibility index (Phi) is 7.64. The molecule has 34 heavy (non-hydrogen) atoms. The lowest BCUT2D eigenvalue weighted by Crippen LogP contribution is -2.47. The molecule has 2 aromatic carbocycles. The van der Waals surface area contributed by atoms with Gasteiger partial charge in [-0.1, -0.05) is 43.5 Å². The summed E-state index contributed by atoms with van der Waals surface area (Å²) in [6.45, 7) is 0.930. The fourth-order valence-corrected chi connectivity index (χ4v) is 6.68.